The zero-order valence-corrected chi connectivity index (χ0v) is 9.03. The summed E-state index contributed by atoms with van der Waals surface area (Å²) in [5.74, 6) is 0.667. The fraction of sp³-hybridized carbons (Fsp3) is 0.333. The van der Waals surface area contributed by atoms with E-state index in [2.05, 4.69) is 11.1 Å². The lowest BCUT2D eigenvalue weighted by Gasteiger charge is -2.05. The molecule has 78 valence electrons. The molecule has 0 aromatic heterocycles. The summed E-state index contributed by atoms with van der Waals surface area (Å²) in [6, 6.07) is 9.35. The Labute approximate surface area is 90.0 Å². The Morgan fingerprint density at radius 3 is 2.73 bits per heavy atom. The third kappa shape index (κ3) is 3.10. The van der Waals surface area contributed by atoms with Crippen molar-refractivity contribution in [3.8, 4) is 6.07 Å². The molecule has 15 heavy (non-hydrogen) atoms. The predicted molar refractivity (Wildman–Crippen MR) is 60.2 cm³/mol. The van der Waals surface area contributed by atoms with E-state index >= 15 is 0 Å². The van der Waals surface area contributed by atoms with Crippen molar-refractivity contribution in [1.82, 2.24) is 0 Å². The summed E-state index contributed by atoms with van der Waals surface area (Å²) in [5, 5.41) is 8.87. The van der Waals surface area contributed by atoms with Gasteiger partial charge in [-0.25, -0.2) is 4.99 Å². The number of para-hydroxylation sites is 1. The lowest BCUT2D eigenvalue weighted by atomic mass is 10.2. The van der Waals surface area contributed by atoms with Gasteiger partial charge in [-0.3, -0.25) is 0 Å². The Morgan fingerprint density at radius 1 is 1.40 bits per heavy atom. The molecular weight excluding hydrogens is 188 g/mol. The maximum atomic E-state index is 8.87. The van der Waals surface area contributed by atoms with Crippen LogP contribution in [0, 0.1) is 11.3 Å². The molecule has 0 saturated heterocycles. The molecule has 0 unspecified atom stereocenters. The SMILES string of the molecule is CCOC(CC)=Nc1ccccc1C#N. The lowest BCUT2D eigenvalue weighted by molar-refractivity contribution is 0.319. The van der Waals surface area contributed by atoms with Crippen molar-refractivity contribution in [2.24, 2.45) is 4.99 Å². The molecule has 0 radical (unpaired) electrons. The predicted octanol–water partition coefficient (Wildman–Crippen LogP) is 3.03. The fourth-order valence-electron chi connectivity index (χ4n) is 1.18. The molecule has 0 aliphatic heterocycles. The van der Waals surface area contributed by atoms with Crippen LogP contribution in [0.25, 0.3) is 0 Å². The van der Waals surface area contributed by atoms with Crippen molar-refractivity contribution < 1.29 is 4.74 Å². The van der Waals surface area contributed by atoms with Gasteiger partial charge in [-0.2, -0.15) is 5.26 Å². The van der Waals surface area contributed by atoms with Gasteiger partial charge in [-0.15, -0.1) is 0 Å². The second-order valence-corrected chi connectivity index (χ2v) is 2.92. The summed E-state index contributed by atoms with van der Waals surface area (Å²) in [4.78, 5) is 4.31. The average molecular weight is 202 g/mol. The molecule has 0 aliphatic rings. The van der Waals surface area contributed by atoms with Crippen LogP contribution in [-0.4, -0.2) is 12.5 Å². The maximum Gasteiger partial charge on any atom is 0.188 e. The van der Waals surface area contributed by atoms with Crippen molar-refractivity contribution in [3.05, 3.63) is 29.8 Å². The zero-order valence-electron chi connectivity index (χ0n) is 9.03. The van der Waals surface area contributed by atoms with Crippen molar-refractivity contribution >= 4 is 11.6 Å². The first-order valence-electron chi connectivity index (χ1n) is 5.01. The van der Waals surface area contributed by atoms with E-state index in [4.69, 9.17) is 10.00 Å². The fourth-order valence-corrected chi connectivity index (χ4v) is 1.18. The van der Waals surface area contributed by atoms with Gasteiger partial charge in [0.1, 0.15) is 6.07 Å². The quantitative estimate of drug-likeness (QED) is 0.558. The number of rotatable bonds is 3. The van der Waals surface area contributed by atoms with E-state index in [0.717, 1.165) is 6.42 Å². The molecule has 0 heterocycles. The van der Waals surface area contributed by atoms with Gasteiger partial charge in [0.05, 0.1) is 17.9 Å². The molecule has 3 heteroatoms. The highest BCUT2D eigenvalue weighted by Gasteiger charge is 2.01. The van der Waals surface area contributed by atoms with Gasteiger partial charge in [0.2, 0.25) is 0 Å². The van der Waals surface area contributed by atoms with Gasteiger partial charge in [0.15, 0.2) is 5.90 Å². The van der Waals surface area contributed by atoms with E-state index in [1.54, 1.807) is 6.07 Å². The maximum absolute atomic E-state index is 8.87. The first-order chi connectivity index (χ1) is 7.31. The van der Waals surface area contributed by atoms with Crippen molar-refractivity contribution in [1.29, 1.82) is 5.26 Å². The summed E-state index contributed by atoms with van der Waals surface area (Å²) >= 11 is 0. The highest BCUT2D eigenvalue weighted by molar-refractivity contribution is 5.80. The number of ether oxygens (including phenoxy) is 1. The minimum atomic E-state index is 0.572. The van der Waals surface area contributed by atoms with Crippen LogP contribution in [0.4, 0.5) is 5.69 Å². The smallest absolute Gasteiger partial charge is 0.188 e. The first kappa shape index (κ1) is 11.3. The van der Waals surface area contributed by atoms with Crippen LogP contribution in [0.5, 0.6) is 0 Å². The molecule has 0 fully saturated rings. The first-order valence-corrected chi connectivity index (χ1v) is 5.01. The standard InChI is InChI=1S/C12H14N2O/c1-3-12(15-4-2)14-11-8-6-5-7-10(11)9-13/h5-8H,3-4H2,1-2H3. The van der Waals surface area contributed by atoms with Crippen molar-refractivity contribution in [3.63, 3.8) is 0 Å². The number of benzene rings is 1. The van der Waals surface area contributed by atoms with E-state index in [9.17, 15) is 0 Å². The van der Waals surface area contributed by atoms with Crippen LogP contribution >= 0.6 is 0 Å². The summed E-state index contributed by atoms with van der Waals surface area (Å²) in [7, 11) is 0. The van der Waals surface area contributed by atoms with Gasteiger partial charge in [0, 0.05) is 6.42 Å². The summed E-state index contributed by atoms with van der Waals surface area (Å²) in [6.07, 6.45) is 0.730. The molecule has 0 N–H and O–H groups in total. The molecule has 0 amide bonds. The van der Waals surface area contributed by atoms with Crippen molar-refractivity contribution in [2.75, 3.05) is 6.61 Å². The van der Waals surface area contributed by atoms with Gasteiger partial charge >= 0.3 is 0 Å². The number of hydrogen-bond donors (Lipinski definition) is 0. The zero-order chi connectivity index (χ0) is 11.1. The minimum absolute atomic E-state index is 0.572. The normalized spacial score (nSPS) is 10.9. The Balaban J connectivity index is 3.00. The van der Waals surface area contributed by atoms with Crippen LogP contribution in [-0.2, 0) is 4.74 Å². The Kier molecular flexibility index (Phi) is 4.36. The average Bonchev–Trinajstić information content (AvgIpc) is 2.29. The summed E-state index contributed by atoms with van der Waals surface area (Å²) in [5.41, 5.74) is 1.24. The molecular formula is C12H14N2O. The Hall–Kier alpha value is -1.82. The van der Waals surface area contributed by atoms with Crippen LogP contribution in [0.3, 0.4) is 0 Å². The third-order valence-corrected chi connectivity index (χ3v) is 1.88. The molecule has 0 spiro atoms. The highest BCUT2D eigenvalue weighted by atomic mass is 16.5. The molecule has 1 rings (SSSR count). The van der Waals surface area contributed by atoms with Gasteiger partial charge in [-0.05, 0) is 19.1 Å². The van der Waals surface area contributed by atoms with Crippen LogP contribution < -0.4 is 0 Å². The minimum Gasteiger partial charge on any atom is -0.481 e. The largest absolute Gasteiger partial charge is 0.481 e. The van der Waals surface area contributed by atoms with Gasteiger partial charge < -0.3 is 4.74 Å². The summed E-state index contributed by atoms with van der Waals surface area (Å²) < 4.78 is 5.34. The monoisotopic (exact) mass is 202 g/mol. The van der Waals surface area contributed by atoms with Crippen molar-refractivity contribution in [2.45, 2.75) is 20.3 Å². The van der Waals surface area contributed by atoms with E-state index in [-0.39, 0.29) is 0 Å². The third-order valence-electron chi connectivity index (χ3n) is 1.88. The molecule has 3 nitrogen and oxygen atoms in total. The second kappa shape index (κ2) is 5.82. The summed E-state index contributed by atoms with van der Waals surface area (Å²) in [6.45, 7) is 4.49. The topological polar surface area (TPSA) is 45.4 Å². The second-order valence-electron chi connectivity index (χ2n) is 2.92. The van der Waals surface area contributed by atoms with E-state index in [1.165, 1.54) is 0 Å². The number of aliphatic imine (C=N–C) groups is 1. The highest BCUT2D eigenvalue weighted by Crippen LogP contribution is 2.18. The van der Waals surface area contributed by atoms with Crippen LogP contribution in [0.1, 0.15) is 25.8 Å². The molecule has 1 aromatic carbocycles. The van der Waals surface area contributed by atoms with E-state index in [0.29, 0.717) is 23.8 Å². The van der Waals surface area contributed by atoms with E-state index < -0.39 is 0 Å². The number of nitrogens with zero attached hydrogens (tertiary/aromatic N) is 2. The number of hydrogen-bond acceptors (Lipinski definition) is 3. The van der Waals surface area contributed by atoms with Gasteiger partial charge in [-0.1, -0.05) is 19.1 Å². The molecule has 0 saturated carbocycles. The van der Waals surface area contributed by atoms with Crippen LogP contribution in [0.15, 0.2) is 29.3 Å². The van der Waals surface area contributed by atoms with Gasteiger partial charge in [0.25, 0.3) is 0 Å². The lowest BCUT2D eigenvalue weighted by Crippen LogP contribution is -2.02. The number of nitriles is 1. The Morgan fingerprint density at radius 2 is 2.13 bits per heavy atom. The molecule has 0 aliphatic carbocycles. The molecule has 1 aromatic rings. The van der Waals surface area contributed by atoms with E-state index in [1.807, 2.05) is 32.0 Å². The Bertz CT molecular complexity index is 391. The molecule has 0 bridgehead atoms. The molecule has 0 atom stereocenters. The van der Waals surface area contributed by atoms with Crippen LogP contribution in [0.2, 0.25) is 0 Å².